The van der Waals surface area contributed by atoms with E-state index < -0.39 is 0 Å². The molecule has 0 atom stereocenters. The van der Waals surface area contributed by atoms with Crippen LogP contribution in [0.2, 0.25) is 0 Å². The van der Waals surface area contributed by atoms with Crippen molar-refractivity contribution in [3.05, 3.63) is 70.2 Å². The van der Waals surface area contributed by atoms with Crippen LogP contribution in [0.3, 0.4) is 0 Å². The van der Waals surface area contributed by atoms with E-state index in [0.29, 0.717) is 11.4 Å². The Labute approximate surface area is 167 Å². The minimum Gasteiger partial charge on any atom is -0.371 e. The summed E-state index contributed by atoms with van der Waals surface area (Å²) in [5, 5.41) is 12.3. The second kappa shape index (κ2) is 6.84. The molecule has 1 saturated heterocycles. The van der Waals surface area contributed by atoms with E-state index >= 15 is 0 Å². The summed E-state index contributed by atoms with van der Waals surface area (Å²) >= 11 is 0. The van der Waals surface area contributed by atoms with E-state index in [0.717, 1.165) is 59.6 Å². The molecule has 0 radical (unpaired) electrons. The van der Waals surface area contributed by atoms with Gasteiger partial charge in [-0.15, -0.1) is 0 Å². The number of hydrogen-bond acceptors (Lipinski definition) is 5. The van der Waals surface area contributed by atoms with Gasteiger partial charge in [-0.1, -0.05) is 24.3 Å². The lowest BCUT2D eigenvalue weighted by Crippen LogP contribution is -2.33. The summed E-state index contributed by atoms with van der Waals surface area (Å²) in [5.74, 6) is 1.44. The fourth-order valence-corrected chi connectivity index (χ4v) is 4.31. The molecule has 1 aliphatic rings. The third kappa shape index (κ3) is 3.08. The van der Waals surface area contributed by atoms with Gasteiger partial charge in [0.15, 0.2) is 5.52 Å². The van der Waals surface area contributed by atoms with Crippen molar-refractivity contribution in [2.24, 2.45) is 0 Å². The van der Waals surface area contributed by atoms with Gasteiger partial charge in [-0.25, -0.2) is 9.97 Å². The van der Waals surface area contributed by atoms with Crippen LogP contribution >= 0.6 is 0 Å². The normalized spacial score (nSPS) is 15.3. The van der Waals surface area contributed by atoms with Crippen molar-refractivity contribution in [1.82, 2.24) is 15.0 Å². The Kier molecular flexibility index (Phi) is 4.16. The third-order valence-corrected chi connectivity index (χ3v) is 5.75. The van der Waals surface area contributed by atoms with Crippen molar-refractivity contribution in [3.8, 4) is 0 Å². The highest BCUT2D eigenvalue weighted by molar-refractivity contribution is 5.97. The molecule has 0 aliphatic carbocycles. The van der Waals surface area contributed by atoms with Gasteiger partial charge in [0.2, 0.25) is 0 Å². The van der Waals surface area contributed by atoms with Crippen LogP contribution in [-0.4, -0.2) is 33.0 Å². The van der Waals surface area contributed by atoms with Gasteiger partial charge < -0.3 is 9.88 Å². The molecule has 0 unspecified atom stereocenters. The lowest BCUT2D eigenvalue weighted by Gasteiger charge is -2.33. The number of para-hydroxylation sites is 3. The predicted molar refractivity (Wildman–Crippen MR) is 113 cm³/mol. The van der Waals surface area contributed by atoms with Crippen molar-refractivity contribution in [3.63, 3.8) is 0 Å². The van der Waals surface area contributed by atoms with Gasteiger partial charge in [-0.05, 0) is 38.0 Å². The van der Waals surface area contributed by atoms with Gasteiger partial charge in [0.25, 0.3) is 5.69 Å². The van der Waals surface area contributed by atoms with Crippen LogP contribution in [0.15, 0.2) is 48.5 Å². The first kappa shape index (κ1) is 17.6. The van der Waals surface area contributed by atoms with Gasteiger partial charge in [0.1, 0.15) is 5.82 Å². The number of nitro groups is 1. The number of non-ortho nitro benzene ring substituents is 1. The highest BCUT2D eigenvalue weighted by Crippen LogP contribution is 2.36. The molecule has 1 aliphatic heterocycles. The van der Waals surface area contributed by atoms with E-state index in [9.17, 15) is 10.1 Å². The van der Waals surface area contributed by atoms with E-state index in [2.05, 4.69) is 20.9 Å². The Morgan fingerprint density at radius 3 is 2.66 bits per heavy atom. The third-order valence-electron chi connectivity index (χ3n) is 5.75. The van der Waals surface area contributed by atoms with Crippen molar-refractivity contribution in [2.75, 3.05) is 18.0 Å². The number of rotatable bonds is 3. The van der Waals surface area contributed by atoms with E-state index in [1.165, 1.54) is 6.07 Å². The molecule has 1 fully saturated rings. The summed E-state index contributed by atoms with van der Waals surface area (Å²) in [7, 11) is 0. The molecule has 5 rings (SSSR count). The SMILES string of the molecule is Cc1cc(N2CCC(c3nc4ccccc4[nH]3)CC2)c2cccc([N+](=O)[O-])c2n1. The number of anilines is 1. The number of nitro benzene ring substituents is 1. The van der Waals surface area contributed by atoms with Gasteiger partial charge in [-0.2, -0.15) is 0 Å². The Hall–Kier alpha value is -3.48. The Morgan fingerprint density at radius 1 is 1.10 bits per heavy atom. The molecule has 3 heterocycles. The van der Waals surface area contributed by atoms with Crippen molar-refractivity contribution >= 4 is 33.3 Å². The fourth-order valence-electron chi connectivity index (χ4n) is 4.31. The van der Waals surface area contributed by atoms with Crippen LogP contribution in [0.25, 0.3) is 21.9 Å². The number of hydrogen-bond donors (Lipinski definition) is 1. The second-order valence-corrected chi connectivity index (χ2v) is 7.61. The molecule has 2 aromatic heterocycles. The zero-order valence-corrected chi connectivity index (χ0v) is 16.1. The number of nitrogens with zero attached hydrogens (tertiary/aromatic N) is 4. The van der Waals surface area contributed by atoms with Crippen molar-refractivity contribution < 1.29 is 4.92 Å². The highest BCUT2D eigenvalue weighted by atomic mass is 16.6. The Balaban J connectivity index is 1.44. The summed E-state index contributed by atoms with van der Waals surface area (Å²) in [5.41, 5.74) is 4.43. The summed E-state index contributed by atoms with van der Waals surface area (Å²) in [4.78, 5) is 26.1. The standard InChI is InChI=1S/C22H21N5O2/c1-14-13-20(16-5-4-8-19(27(28)29)21(16)23-14)26-11-9-15(10-12-26)22-24-17-6-2-3-7-18(17)25-22/h2-8,13,15H,9-12H2,1H3,(H,24,25). The van der Waals surface area contributed by atoms with E-state index in [1.807, 2.05) is 37.3 Å². The van der Waals surface area contributed by atoms with Gasteiger partial charge in [0.05, 0.1) is 16.0 Å². The minimum absolute atomic E-state index is 0.0598. The highest BCUT2D eigenvalue weighted by Gasteiger charge is 2.25. The van der Waals surface area contributed by atoms with Crippen LogP contribution in [-0.2, 0) is 0 Å². The van der Waals surface area contributed by atoms with Crippen molar-refractivity contribution in [2.45, 2.75) is 25.7 Å². The number of aromatic amines is 1. The molecule has 1 N–H and O–H groups in total. The van der Waals surface area contributed by atoms with Crippen LogP contribution < -0.4 is 4.90 Å². The lowest BCUT2D eigenvalue weighted by molar-refractivity contribution is -0.383. The average Bonchev–Trinajstić information content (AvgIpc) is 3.17. The van der Waals surface area contributed by atoms with Gasteiger partial charge in [0, 0.05) is 41.8 Å². The molecular weight excluding hydrogens is 366 g/mol. The van der Waals surface area contributed by atoms with Crippen LogP contribution in [0.4, 0.5) is 11.4 Å². The molecule has 0 bridgehead atoms. The molecule has 4 aromatic rings. The summed E-state index contributed by atoms with van der Waals surface area (Å²) < 4.78 is 0. The smallest absolute Gasteiger partial charge is 0.295 e. The molecule has 29 heavy (non-hydrogen) atoms. The molecule has 7 heteroatoms. The molecule has 0 saturated carbocycles. The lowest BCUT2D eigenvalue weighted by atomic mass is 9.95. The molecule has 146 valence electrons. The Bertz CT molecular complexity index is 1190. The first-order chi connectivity index (χ1) is 14.1. The average molecular weight is 387 g/mol. The number of piperidine rings is 1. The quantitative estimate of drug-likeness (QED) is 0.406. The number of nitrogens with one attached hydrogen (secondary N) is 1. The first-order valence-corrected chi connectivity index (χ1v) is 9.84. The number of fused-ring (bicyclic) bond motifs is 2. The van der Waals surface area contributed by atoms with Crippen LogP contribution in [0, 0.1) is 17.0 Å². The van der Waals surface area contributed by atoms with Gasteiger partial charge in [-0.3, -0.25) is 10.1 Å². The van der Waals surface area contributed by atoms with E-state index in [1.54, 1.807) is 6.07 Å². The number of imidazole rings is 1. The predicted octanol–water partition coefficient (Wildman–Crippen LogP) is 4.71. The summed E-state index contributed by atoms with van der Waals surface area (Å²) in [6, 6.07) is 15.3. The minimum atomic E-state index is -0.355. The number of benzene rings is 2. The molecule has 7 nitrogen and oxygen atoms in total. The first-order valence-electron chi connectivity index (χ1n) is 9.84. The summed E-state index contributed by atoms with van der Waals surface area (Å²) in [6.45, 7) is 3.65. The zero-order chi connectivity index (χ0) is 20.0. The molecular formula is C22H21N5O2. The number of aromatic nitrogens is 3. The molecule has 2 aromatic carbocycles. The molecule has 0 spiro atoms. The maximum Gasteiger partial charge on any atom is 0.295 e. The van der Waals surface area contributed by atoms with E-state index in [-0.39, 0.29) is 10.6 Å². The maximum absolute atomic E-state index is 11.4. The topological polar surface area (TPSA) is 88.0 Å². The van der Waals surface area contributed by atoms with Gasteiger partial charge >= 0.3 is 0 Å². The zero-order valence-electron chi connectivity index (χ0n) is 16.1. The van der Waals surface area contributed by atoms with E-state index in [4.69, 9.17) is 4.98 Å². The largest absolute Gasteiger partial charge is 0.371 e. The monoisotopic (exact) mass is 387 g/mol. The fraction of sp³-hybridized carbons (Fsp3) is 0.273. The van der Waals surface area contributed by atoms with Crippen molar-refractivity contribution in [1.29, 1.82) is 0 Å². The summed E-state index contributed by atoms with van der Waals surface area (Å²) in [6.07, 6.45) is 1.97. The second-order valence-electron chi connectivity index (χ2n) is 7.61. The maximum atomic E-state index is 11.4. The molecule has 0 amide bonds. The Morgan fingerprint density at radius 2 is 1.90 bits per heavy atom. The van der Waals surface area contributed by atoms with Crippen LogP contribution in [0.5, 0.6) is 0 Å². The van der Waals surface area contributed by atoms with Crippen LogP contribution in [0.1, 0.15) is 30.3 Å². The number of aryl methyl sites for hydroxylation is 1. The number of pyridine rings is 1. The number of H-pyrrole nitrogens is 1.